The highest BCUT2D eigenvalue weighted by Gasteiger charge is 2.10. The van der Waals surface area contributed by atoms with Gasteiger partial charge < -0.3 is 14.7 Å². The molecule has 0 saturated heterocycles. The van der Waals surface area contributed by atoms with Crippen LogP contribution in [0.2, 0.25) is 0 Å². The Morgan fingerprint density at radius 1 is 1.28 bits per heavy atom. The van der Waals surface area contributed by atoms with E-state index in [0.29, 0.717) is 13.1 Å². The van der Waals surface area contributed by atoms with Gasteiger partial charge in [0.2, 0.25) is 0 Å². The molecule has 2 aromatic heterocycles. The Kier molecular flexibility index (Phi) is 5.13. The summed E-state index contributed by atoms with van der Waals surface area (Å²) in [6, 6.07) is 12.0. The van der Waals surface area contributed by atoms with Gasteiger partial charge in [0.25, 0.3) is 0 Å². The fourth-order valence-corrected chi connectivity index (χ4v) is 2.63. The van der Waals surface area contributed by atoms with E-state index in [2.05, 4.69) is 32.7 Å². The van der Waals surface area contributed by atoms with Crippen molar-refractivity contribution in [3.05, 3.63) is 65.8 Å². The van der Waals surface area contributed by atoms with Gasteiger partial charge in [-0.05, 0) is 24.6 Å². The summed E-state index contributed by atoms with van der Waals surface area (Å²) in [5.41, 5.74) is 4.04. The highest BCUT2D eigenvalue weighted by Crippen LogP contribution is 2.14. The maximum Gasteiger partial charge on any atom is 0.194 e. The fourth-order valence-electron chi connectivity index (χ4n) is 2.63. The fraction of sp³-hybridized carbons (Fsp3) is 0.278. The monoisotopic (exact) mass is 338 g/mol. The zero-order valence-electron chi connectivity index (χ0n) is 14.7. The Balaban J connectivity index is 1.70. The van der Waals surface area contributed by atoms with Gasteiger partial charge in [0.05, 0.1) is 17.9 Å². The SMILES string of the molecule is CN=C(NCc1ccccc1-n1ccc(C)n1)N(C)Cc1ccon1. The summed E-state index contributed by atoms with van der Waals surface area (Å²) in [7, 11) is 3.73. The normalized spacial score (nSPS) is 11.6. The topological polar surface area (TPSA) is 71.5 Å². The van der Waals surface area contributed by atoms with Crippen molar-refractivity contribution in [2.75, 3.05) is 14.1 Å². The van der Waals surface area contributed by atoms with Gasteiger partial charge >= 0.3 is 0 Å². The number of rotatable bonds is 5. The van der Waals surface area contributed by atoms with Crippen molar-refractivity contribution < 1.29 is 4.52 Å². The molecule has 3 aromatic rings. The van der Waals surface area contributed by atoms with E-state index in [4.69, 9.17) is 4.52 Å². The number of aliphatic imine (C=N–C) groups is 1. The molecule has 0 aliphatic carbocycles. The van der Waals surface area contributed by atoms with Crippen molar-refractivity contribution in [2.45, 2.75) is 20.0 Å². The van der Waals surface area contributed by atoms with Crippen molar-refractivity contribution >= 4 is 5.96 Å². The maximum absolute atomic E-state index is 4.88. The van der Waals surface area contributed by atoms with Gasteiger partial charge in [-0.15, -0.1) is 0 Å². The number of benzene rings is 1. The third kappa shape index (κ3) is 4.06. The summed E-state index contributed by atoms with van der Waals surface area (Å²) < 4.78 is 6.78. The van der Waals surface area contributed by atoms with E-state index in [1.54, 1.807) is 13.3 Å². The summed E-state index contributed by atoms with van der Waals surface area (Å²) >= 11 is 0. The first-order valence-corrected chi connectivity index (χ1v) is 8.09. The van der Waals surface area contributed by atoms with E-state index >= 15 is 0 Å². The first-order chi connectivity index (χ1) is 12.2. The lowest BCUT2D eigenvalue weighted by Gasteiger charge is -2.21. The predicted molar refractivity (Wildman–Crippen MR) is 96.5 cm³/mol. The average Bonchev–Trinajstić information content (AvgIpc) is 3.27. The van der Waals surface area contributed by atoms with Crippen LogP contribution in [0.1, 0.15) is 17.0 Å². The molecule has 3 rings (SSSR count). The zero-order chi connectivity index (χ0) is 17.6. The Morgan fingerprint density at radius 3 is 2.80 bits per heavy atom. The first-order valence-electron chi connectivity index (χ1n) is 8.09. The number of nitrogens with one attached hydrogen (secondary N) is 1. The van der Waals surface area contributed by atoms with Gasteiger partial charge in [-0.1, -0.05) is 23.4 Å². The van der Waals surface area contributed by atoms with E-state index in [1.807, 2.05) is 54.0 Å². The summed E-state index contributed by atoms with van der Waals surface area (Å²) in [6.45, 7) is 3.25. The molecular formula is C18H22N6O. The summed E-state index contributed by atoms with van der Waals surface area (Å²) in [4.78, 5) is 6.34. The van der Waals surface area contributed by atoms with Gasteiger partial charge in [0, 0.05) is 32.9 Å². The van der Waals surface area contributed by atoms with E-state index in [1.165, 1.54) is 0 Å². The van der Waals surface area contributed by atoms with Gasteiger partial charge in [0.1, 0.15) is 12.0 Å². The first kappa shape index (κ1) is 16.8. The molecule has 7 heteroatoms. The third-order valence-corrected chi connectivity index (χ3v) is 3.86. The molecule has 0 fully saturated rings. The van der Waals surface area contributed by atoms with Crippen molar-refractivity contribution in [3.63, 3.8) is 0 Å². The van der Waals surface area contributed by atoms with Gasteiger partial charge in [-0.2, -0.15) is 5.10 Å². The van der Waals surface area contributed by atoms with Crippen LogP contribution in [-0.4, -0.2) is 39.9 Å². The molecule has 0 bridgehead atoms. The molecule has 1 N–H and O–H groups in total. The second-order valence-corrected chi connectivity index (χ2v) is 5.78. The molecular weight excluding hydrogens is 316 g/mol. The van der Waals surface area contributed by atoms with Crippen LogP contribution in [0.4, 0.5) is 0 Å². The van der Waals surface area contributed by atoms with Crippen molar-refractivity contribution in [3.8, 4) is 5.69 Å². The molecule has 0 atom stereocenters. The number of nitrogens with zero attached hydrogens (tertiary/aromatic N) is 5. The number of guanidine groups is 1. The zero-order valence-corrected chi connectivity index (χ0v) is 14.7. The summed E-state index contributed by atoms with van der Waals surface area (Å²) in [6.07, 6.45) is 3.54. The Labute approximate surface area is 147 Å². The minimum absolute atomic E-state index is 0.621. The average molecular weight is 338 g/mol. The van der Waals surface area contributed by atoms with Crippen LogP contribution in [-0.2, 0) is 13.1 Å². The number of aromatic nitrogens is 3. The maximum atomic E-state index is 4.88. The van der Waals surface area contributed by atoms with Gasteiger partial charge in [-0.25, -0.2) is 4.68 Å². The van der Waals surface area contributed by atoms with Crippen LogP contribution in [0.5, 0.6) is 0 Å². The van der Waals surface area contributed by atoms with Crippen molar-refractivity contribution in [1.82, 2.24) is 25.2 Å². The van der Waals surface area contributed by atoms with Crippen LogP contribution in [0.25, 0.3) is 5.69 Å². The Bertz CT molecular complexity index is 837. The predicted octanol–water partition coefficient (Wildman–Crippen LogP) is 2.38. The molecule has 1 aromatic carbocycles. The number of hydrogen-bond acceptors (Lipinski definition) is 4. The molecule has 7 nitrogen and oxygen atoms in total. The minimum Gasteiger partial charge on any atom is -0.364 e. The van der Waals surface area contributed by atoms with Crippen LogP contribution < -0.4 is 5.32 Å². The van der Waals surface area contributed by atoms with E-state index < -0.39 is 0 Å². The molecule has 0 aliphatic heterocycles. The van der Waals surface area contributed by atoms with Gasteiger partial charge in [0.15, 0.2) is 5.96 Å². The van der Waals surface area contributed by atoms with Gasteiger partial charge in [-0.3, -0.25) is 4.99 Å². The molecule has 0 aliphatic rings. The molecule has 0 radical (unpaired) electrons. The highest BCUT2D eigenvalue weighted by atomic mass is 16.5. The smallest absolute Gasteiger partial charge is 0.194 e. The third-order valence-electron chi connectivity index (χ3n) is 3.86. The van der Waals surface area contributed by atoms with Crippen molar-refractivity contribution in [1.29, 1.82) is 0 Å². The lowest BCUT2D eigenvalue weighted by atomic mass is 10.2. The molecule has 25 heavy (non-hydrogen) atoms. The van der Waals surface area contributed by atoms with Crippen LogP contribution in [0, 0.1) is 6.92 Å². The highest BCUT2D eigenvalue weighted by molar-refractivity contribution is 5.79. The molecule has 130 valence electrons. The molecule has 0 amide bonds. The standard InChI is InChI=1S/C18H22N6O/c1-14-8-10-24(21-14)17-7-5-4-6-15(17)12-20-18(19-2)23(3)13-16-9-11-25-22-16/h4-11H,12-13H2,1-3H3,(H,19,20). The quantitative estimate of drug-likeness (QED) is 0.571. The number of hydrogen-bond donors (Lipinski definition) is 1. The molecule has 0 spiro atoms. The second-order valence-electron chi connectivity index (χ2n) is 5.78. The van der Waals surface area contributed by atoms with E-state index in [0.717, 1.165) is 28.6 Å². The summed E-state index contributed by atoms with van der Waals surface area (Å²) in [5, 5.41) is 11.8. The molecule has 2 heterocycles. The van der Waals surface area contributed by atoms with E-state index in [9.17, 15) is 0 Å². The number of para-hydroxylation sites is 1. The molecule has 0 unspecified atom stereocenters. The van der Waals surface area contributed by atoms with E-state index in [-0.39, 0.29) is 0 Å². The molecule has 0 saturated carbocycles. The summed E-state index contributed by atoms with van der Waals surface area (Å²) in [5.74, 6) is 0.787. The lowest BCUT2D eigenvalue weighted by molar-refractivity contribution is 0.391. The van der Waals surface area contributed by atoms with Crippen LogP contribution >= 0.6 is 0 Å². The van der Waals surface area contributed by atoms with Crippen LogP contribution in [0.15, 0.2) is 58.4 Å². The number of aryl methyl sites for hydroxylation is 1. The Hall–Kier alpha value is -3.09. The van der Waals surface area contributed by atoms with Crippen molar-refractivity contribution in [2.24, 2.45) is 4.99 Å². The van der Waals surface area contributed by atoms with Crippen LogP contribution in [0.3, 0.4) is 0 Å². The second kappa shape index (κ2) is 7.65. The lowest BCUT2D eigenvalue weighted by Crippen LogP contribution is -2.38. The largest absolute Gasteiger partial charge is 0.364 e. The minimum atomic E-state index is 0.621. The Morgan fingerprint density at radius 2 is 2.12 bits per heavy atom.